The molecule has 0 radical (unpaired) electrons. The fourth-order valence-electron chi connectivity index (χ4n) is 1.58. The van der Waals surface area contributed by atoms with E-state index in [1.807, 2.05) is 6.92 Å². The van der Waals surface area contributed by atoms with Crippen molar-refractivity contribution in [1.29, 1.82) is 0 Å². The Balaban J connectivity index is 2.63. The van der Waals surface area contributed by atoms with Crippen molar-refractivity contribution in [2.45, 2.75) is 13.8 Å². The van der Waals surface area contributed by atoms with Crippen molar-refractivity contribution in [3.05, 3.63) is 22.2 Å². The van der Waals surface area contributed by atoms with Gasteiger partial charge in [0, 0.05) is 11.1 Å². The summed E-state index contributed by atoms with van der Waals surface area (Å²) in [5.74, 6) is 1.18. The molecule has 1 aliphatic rings. The minimum Gasteiger partial charge on any atom is -0.486 e. The van der Waals surface area contributed by atoms with E-state index in [2.05, 4.69) is 0 Å². The lowest BCUT2D eigenvalue weighted by atomic mass is 10.1. The highest BCUT2D eigenvalue weighted by Gasteiger charge is 2.20. The molecule has 1 heterocycles. The molecule has 0 spiro atoms. The van der Waals surface area contributed by atoms with Crippen LogP contribution in [0.5, 0.6) is 11.5 Å². The topological polar surface area (TPSA) is 35.5 Å². The van der Waals surface area contributed by atoms with Crippen LogP contribution in [-0.4, -0.2) is 19.0 Å². The zero-order chi connectivity index (χ0) is 11.0. The van der Waals surface area contributed by atoms with Gasteiger partial charge in [-0.15, -0.1) is 0 Å². The Kier molecular flexibility index (Phi) is 2.57. The second-order valence-corrected chi connectivity index (χ2v) is 3.82. The van der Waals surface area contributed by atoms with Gasteiger partial charge in [0.25, 0.3) is 0 Å². The number of benzene rings is 1. The SMILES string of the molecule is CC(=O)c1cc2c(c(C)c1Cl)OCCO2. The minimum absolute atomic E-state index is 0.0694. The van der Waals surface area contributed by atoms with E-state index >= 15 is 0 Å². The minimum atomic E-state index is -0.0694. The fourth-order valence-corrected chi connectivity index (χ4v) is 1.86. The van der Waals surface area contributed by atoms with Gasteiger partial charge >= 0.3 is 0 Å². The van der Waals surface area contributed by atoms with E-state index in [9.17, 15) is 4.79 Å². The number of hydrogen-bond acceptors (Lipinski definition) is 3. The van der Waals surface area contributed by atoms with Gasteiger partial charge in [0.05, 0.1) is 5.02 Å². The van der Waals surface area contributed by atoms with E-state index in [-0.39, 0.29) is 5.78 Å². The number of carbonyl (C=O) groups excluding carboxylic acids is 1. The lowest BCUT2D eigenvalue weighted by molar-refractivity contribution is 0.101. The number of carbonyl (C=O) groups is 1. The van der Waals surface area contributed by atoms with E-state index in [1.54, 1.807) is 6.07 Å². The van der Waals surface area contributed by atoms with Crippen molar-refractivity contribution < 1.29 is 14.3 Å². The Morgan fingerprint density at radius 2 is 2.07 bits per heavy atom. The predicted molar refractivity (Wildman–Crippen MR) is 57.2 cm³/mol. The number of ether oxygens (including phenoxy) is 2. The molecule has 0 unspecified atom stereocenters. The lowest BCUT2D eigenvalue weighted by Gasteiger charge is -2.21. The Bertz CT molecular complexity index is 426. The lowest BCUT2D eigenvalue weighted by Crippen LogP contribution is -2.17. The van der Waals surface area contributed by atoms with Gasteiger partial charge in [-0.1, -0.05) is 11.6 Å². The maximum Gasteiger partial charge on any atom is 0.165 e. The fraction of sp³-hybridized carbons (Fsp3) is 0.364. The Labute approximate surface area is 92.9 Å². The van der Waals surface area contributed by atoms with E-state index < -0.39 is 0 Å². The third-order valence-electron chi connectivity index (χ3n) is 2.37. The third-order valence-corrected chi connectivity index (χ3v) is 2.86. The first kappa shape index (κ1) is 10.3. The molecule has 80 valence electrons. The Morgan fingerprint density at radius 1 is 1.40 bits per heavy atom. The highest BCUT2D eigenvalue weighted by molar-refractivity contribution is 6.35. The average molecular weight is 227 g/mol. The molecule has 0 saturated carbocycles. The molecule has 1 aromatic carbocycles. The molecule has 0 amide bonds. The number of rotatable bonds is 1. The average Bonchev–Trinajstić information content (AvgIpc) is 2.23. The molecule has 4 heteroatoms. The zero-order valence-electron chi connectivity index (χ0n) is 8.59. The van der Waals surface area contributed by atoms with Crippen LogP contribution in [-0.2, 0) is 0 Å². The summed E-state index contributed by atoms with van der Waals surface area (Å²) >= 11 is 6.07. The van der Waals surface area contributed by atoms with Crippen LogP contribution in [0.4, 0.5) is 0 Å². The van der Waals surface area contributed by atoms with Crippen LogP contribution >= 0.6 is 11.6 Å². The maximum absolute atomic E-state index is 11.3. The summed E-state index contributed by atoms with van der Waals surface area (Å²) in [5.41, 5.74) is 1.25. The molecule has 0 fully saturated rings. The summed E-state index contributed by atoms with van der Waals surface area (Å²) in [5, 5.41) is 0.451. The molecular formula is C11H11ClO3. The molecule has 0 N–H and O–H groups in total. The molecule has 1 aliphatic heterocycles. The van der Waals surface area contributed by atoms with Crippen molar-refractivity contribution in [1.82, 2.24) is 0 Å². The van der Waals surface area contributed by atoms with Crippen molar-refractivity contribution in [2.24, 2.45) is 0 Å². The number of halogens is 1. The van der Waals surface area contributed by atoms with Crippen molar-refractivity contribution >= 4 is 17.4 Å². The standard InChI is InChI=1S/C11H11ClO3/c1-6-10(12)8(7(2)13)5-9-11(6)15-4-3-14-9/h5H,3-4H2,1-2H3. The summed E-state index contributed by atoms with van der Waals surface area (Å²) < 4.78 is 10.9. The second kappa shape index (κ2) is 3.74. The Morgan fingerprint density at radius 3 is 2.73 bits per heavy atom. The molecule has 0 aromatic heterocycles. The van der Waals surface area contributed by atoms with Crippen LogP contribution in [0.1, 0.15) is 22.8 Å². The smallest absolute Gasteiger partial charge is 0.165 e. The van der Waals surface area contributed by atoms with E-state index in [0.29, 0.717) is 35.3 Å². The maximum atomic E-state index is 11.3. The third kappa shape index (κ3) is 1.67. The highest BCUT2D eigenvalue weighted by Crippen LogP contribution is 2.39. The van der Waals surface area contributed by atoms with Crippen LogP contribution in [0.15, 0.2) is 6.07 Å². The van der Waals surface area contributed by atoms with Gasteiger partial charge in [-0.05, 0) is 19.9 Å². The molecule has 15 heavy (non-hydrogen) atoms. The van der Waals surface area contributed by atoms with E-state index in [0.717, 1.165) is 5.56 Å². The van der Waals surface area contributed by atoms with Gasteiger partial charge in [-0.3, -0.25) is 4.79 Å². The highest BCUT2D eigenvalue weighted by atomic mass is 35.5. The van der Waals surface area contributed by atoms with Crippen LogP contribution < -0.4 is 9.47 Å². The summed E-state index contributed by atoms with van der Waals surface area (Å²) in [4.78, 5) is 11.3. The van der Waals surface area contributed by atoms with Gasteiger partial charge in [-0.25, -0.2) is 0 Å². The molecule has 0 atom stereocenters. The molecule has 0 saturated heterocycles. The van der Waals surface area contributed by atoms with Gasteiger partial charge in [0.2, 0.25) is 0 Å². The van der Waals surface area contributed by atoms with Crippen molar-refractivity contribution in [2.75, 3.05) is 13.2 Å². The van der Waals surface area contributed by atoms with E-state index in [1.165, 1.54) is 6.92 Å². The largest absolute Gasteiger partial charge is 0.486 e. The van der Waals surface area contributed by atoms with Gasteiger partial charge in [0.1, 0.15) is 13.2 Å². The summed E-state index contributed by atoms with van der Waals surface area (Å²) in [6, 6.07) is 1.64. The molecular weight excluding hydrogens is 216 g/mol. The normalized spacial score (nSPS) is 13.8. The monoisotopic (exact) mass is 226 g/mol. The summed E-state index contributed by atoms with van der Waals surface area (Å²) in [7, 11) is 0. The number of hydrogen-bond donors (Lipinski definition) is 0. The molecule has 1 aromatic rings. The van der Waals surface area contributed by atoms with Crippen molar-refractivity contribution in [3.63, 3.8) is 0 Å². The van der Waals surface area contributed by atoms with Crippen molar-refractivity contribution in [3.8, 4) is 11.5 Å². The quantitative estimate of drug-likeness (QED) is 0.691. The predicted octanol–water partition coefficient (Wildman–Crippen LogP) is 2.62. The van der Waals surface area contributed by atoms with Crippen LogP contribution in [0.25, 0.3) is 0 Å². The Hall–Kier alpha value is -1.22. The van der Waals surface area contributed by atoms with Gasteiger partial charge < -0.3 is 9.47 Å². The molecule has 0 aliphatic carbocycles. The van der Waals surface area contributed by atoms with E-state index in [4.69, 9.17) is 21.1 Å². The first-order chi connectivity index (χ1) is 7.11. The van der Waals surface area contributed by atoms with Crippen LogP contribution in [0.3, 0.4) is 0 Å². The molecule has 2 rings (SSSR count). The first-order valence-electron chi connectivity index (χ1n) is 4.71. The van der Waals surface area contributed by atoms with Gasteiger partial charge in [0.15, 0.2) is 17.3 Å². The van der Waals surface area contributed by atoms with Crippen LogP contribution in [0, 0.1) is 6.92 Å². The molecule has 3 nitrogen and oxygen atoms in total. The zero-order valence-corrected chi connectivity index (χ0v) is 9.35. The number of Topliss-reactive ketones (excluding diaryl/α,β-unsaturated/α-hetero) is 1. The summed E-state index contributed by atoms with van der Waals surface area (Å²) in [6.45, 7) is 4.33. The number of fused-ring (bicyclic) bond motifs is 1. The van der Waals surface area contributed by atoms with Crippen LogP contribution in [0.2, 0.25) is 5.02 Å². The summed E-state index contributed by atoms with van der Waals surface area (Å²) in [6.07, 6.45) is 0. The van der Waals surface area contributed by atoms with Gasteiger partial charge in [-0.2, -0.15) is 0 Å². The second-order valence-electron chi connectivity index (χ2n) is 3.44. The number of ketones is 1. The first-order valence-corrected chi connectivity index (χ1v) is 5.08. The molecule has 0 bridgehead atoms.